The van der Waals surface area contributed by atoms with E-state index in [2.05, 4.69) is 24.0 Å². The van der Waals surface area contributed by atoms with Crippen molar-refractivity contribution in [2.75, 3.05) is 33.4 Å². The van der Waals surface area contributed by atoms with Crippen LogP contribution in [0.25, 0.3) is 0 Å². The summed E-state index contributed by atoms with van der Waals surface area (Å²) < 4.78 is 10.6. The summed E-state index contributed by atoms with van der Waals surface area (Å²) in [4.78, 5) is 2.44. The summed E-state index contributed by atoms with van der Waals surface area (Å²) in [7, 11) is 1.71. The average molecular weight is 221 g/mol. The standard InChI is InChI=1S/C13H19NO2/c1-11(14-6-8-16-9-7-14)12-4-3-5-13(10-12)15-2/h3-5,10-11H,6-9H2,1-2H3. The van der Waals surface area contributed by atoms with E-state index in [4.69, 9.17) is 9.47 Å². The molecule has 1 heterocycles. The molecule has 1 atom stereocenters. The maximum atomic E-state index is 5.36. The lowest BCUT2D eigenvalue weighted by molar-refractivity contribution is 0.0198. The van der Waals surface area contributed by atoms with Crippen LogP contribution in [0.2, 0.25) is 0 Å². The minimum atomic E-state index is 0.430. The first-order valence-corrected chi connectivity index (χ1v) is 5.77. The summed E-state index contributed by atoms with van der Waals surface area (Å²) >= 11 is 0. The fraction of sp³-hybridized carbons (Fsp3) is 0.538. The molecule has 16 heavy (non-hydrogen) atoms. The SMILES string of the molecule is COc1cccc(C(C)N2CCOCC2)c1. The van der Waals surface area contributed by atoms with Gasteiger partial charge in [-0.15, -0.1) is 0 Å². The number of morpholine rings is 1. The highest BCUT2D eigenvalue weighted by Gasteiger charge is 2.18. The highest BCUT2D eigenvalue weighted by Crippen LogP contribution is 2.24. The van der Waals surface area contributed by atoms with E-state index < -0.39 is 0 Å². The van der Waals surface area contributed by atoms with E-state index in [0.29, 0.717) is 6.04 Å². The molecule has 0 aromatic heterocycles. The van der Waals surface area contributed by atoms with Crippen LogP contribution in [0.4, 0.5) is 0 Å². The predicted octanol–water partition coefficient (Wildman–Crippen LogP) is 2.09. The monoisotopic (exact) mass is 221 g/mol. The number of nitrogens with zero attached hydrogens (tertiary/aromatic N) is 1. The second-order valence-electron chi connectivity index (χ2n) is 4.10. The Labute approximate surface area is 97.0 Å². The zero-order chi connectivity index (χ0) is 11.4. The van der Waals surface area contributed by atoms with E-state index in [0.717, 1.165) is 32.1 Å². The molecular weight excluding hydrogens is 202 g/mol. The van der Waals surface area contributed by atoms with Crippen LogP contribution in [0.15, 0.2) is 24.3 Å². The smallest absolute Gasteiger partial charge is 0.119 e. The molecule has 1 aromatic carbocycles. The van der Waals surface area contributed by atoms with Gasteiger partial charge in [0, 0.05) is 19.1 Å². The van der Waals surface area contributed by atoms with Gasteiger partial charge in [0.05, 0.1) is 20.3 Å². The molecule has 0 bridgehead atoms. The van der Waals surface area contributed by atoms with Crippen molar-refractivity contribution in [1.82, 2.24) is 4.90 Å². The number of hydrogen-bond donors (Lipinski definition) is 0. The van der Waals surface area contributed by atoms with E-state index in [1.165, 1.54) is 5.56 Å². The zero-order valence-electron chi connectivity index (χ0n) is 9.98. The van der Waals surface area contributed by atoms with Gasteiger partial charge in [-0.25, -0.2) is 0 Å². The topological polar surface area (TPSA) is 21.7 Å². The Morgan fingerprint density at radius 3 is 2.75 bits per heavy atom. The average Bonchev–Trinajstić information content (AvgIpc) is 2.39. The molecule has 1 fully saturated rings. The molecule has 0 N–H and O–H groups in total. The Bertz CT molecular complexity index is 334. The van der Waals surface area contributed by atoms with Crippen LogP contribution in [-0.2, 0) is 4.74 Å². The van der Waals surface area contributed by atoms with Gasteiger partial charge < -0.3 is 9.47 Å². The molecule has 1 saturated heterocycles. The molecule has 1 aliphatic heterocycles. The minimum Gasteiger partial charge on any atom is -0.497 e. The van der Waals surface area contributed by atoms with Crippen LogP contribution in [0.1, 0.15) is 18.5 Å². The predicted molar refractivity (Wildman–Crippen MR) is 63.8 cm³/mol. The van der Waals surface area contributed by atoms with E-state index >= 15 is 0 Å². The first-order valence-electron chi connectivity index (χ1n) is 5.77. The molecule has 1 aliphatic rings. The summed E-state index contributed by atoms with van der Waals surface area (Å²) in [6.07, 6.45) is 0. The van der Waals surface area contributed by atoms with Gasteiger partial charge in [0.2, 0.25) is 0 Å². The molecule has 1 unspecified atom stereocenters. The van der Waals surface area contributed by atoms with Gasteiger partial charge in [0.25, 0.3) is 0 Å². The molecule has 0 spiro atoms. The second kappa shape index (κ2) is 5.32. The highest BCUT2D eigenvalue weighted by atomic mass is 16.5. The van der Waals surface area contributed by atoms with E-state index in [9.17, 15) is 0 Å². The van der Waals surface area contributed by atoms with Crippen molar-refractivity contribution in [3.8, 4) is 5.75 Å². The van der Waals surface area contributed by atoms with Crippen molar-refractivity contribution in [3.63, 3.8) is 0 Å². The largest absolute Gasteiger partial charge is 0.497 e. The molecule has 3 nitrogen and oxygen atoms in total. The van der Waals surface area contributed by atoms with Crippen LogP contribution >= 0.6 is 0 Å². The van der Waals surface area contributed by atoms with E-state index in [-0.39, 0.29) is 0 Å². The van der Waals surface area contributed by atoms with Crippen molar-refractivity contribution in [2.45, 2.75) is 13.0 Å². The van der Waals surface area contributed by atoms with Gasteiger partial charge in [0.15, 0.2) is 0 Å². The second-order valence-corrected chi connectivity index (χ2v) is 4.10. The molecule has 2 rings (SSSR count). The Morgan fingerprint density at radius 2 is 2.06 bits per heavy atom. The summed E-state index contributed by atoms with van der Waals surface area (Å²) in [5, 5.41) is 0. The molecule has 0 amide bonds. The Kier molecular flexibility index (Phi) is 3.80. The number of benzene rings is 1. The Hall–Kier alpha value is -1.06. The first kappa shape index (κ1) is 11.4. The number of hydrogen-bond acceptors (Lipinski definition) is 3. The lowest BCUT2D eigenvalue weighted by Gasteiger charge is -2.32. The molecule has 0 aliphatic carbocycles. The molecular formula is C13H19NO2. The van der Waals surface area contributed by atoms with Crippen LogP contribution in [-0.4, -0.2) is 38.3 Å². The van der Waals surface area contributed by atoms with Crippen molar-refractivity contribution >= 4 is 0 Å². The fourth-order valence-corrected chi connectivity index (χ4v) is 2.08. The van der Waals surface area contributed by atoms with Crippen LogP contribution < -0.4 is 4.74 Å². The summed E-state index contributed by atoms with van der Waals surface area (Å²) in [6.45, 7) is 5.94. The van der Waals surface area contributed by atoms with Gasteiger partial charge >= 0.3 is 0 Å². The summed E-state index contributed by atoms with van der Waals surface area (Å²) in [5.41, 5.74) is 1.31. The van der Waals surface area contributed by atoms with Gasteiger partial charge in [-0.1, -0.05) is 12.1 Å². The van der Waals surface area contributed by atoms with Crippen molar-refractivity contribution < 1.29 is 9.47 Å². The van der Waals surface area contributed by atoms with Gasteiger partial charge in [0.1, 0.15) is 5.75 Å². The normalized spacial score (nSPS) is 19.4. The third-order valence-corrected chi connectivity index (χ3v) is 3.17. The maximum Gasteiger partial charge on any atom is 0.119 e. The van der Waals surface area contributed by atoms with Crippen molar-refractivity contribution in [2.24, 2.45) is 0 Å². The number of methoxy groups -OCH3 is 1. The third kappa shape index (κ3) is 2.54. The first-order chi connectivity index (χ1) is 7.81. The third-order valence-electron chi connectivity index (χ3n) is 3.17. The van der Waals surface area contributed by atoms with Crippen molar-refractivity contribution in [3.05, 3.63) is 29.8 Å². The van der Waals surface area contributed by atoms with E-state index in [1.54, 1.807) is 7.11 Å². The number of rotatable bonds is 3. The lowest BCUT2D eigenvalue weighted by atomic mass is 10.1. The molecule has 88 valence electrons. The van der Waals surface area contributed by atoms with Gasteiger partial charge in [-0.2, -0.15) is 0 Å². The summed E-state index contributed by atoms with van der Waals surface area (Å²) in [5.74, 6) is 0.928. The van der Waals surface area contributed by atoms with Crippen LogP contribution in [0, 0.1) is 0 Å². The highest BCUT2D eigenvalue weighted by molar-refractivity contribution is 5.30. The minimum absolute atomic E-state index is 0.430. The maximum absolute atomic E-state index is 5.36. The molecule has 0 radical (unpaired) electrons. The quantitative estimate of drug-likeness (QED) is 0.780. The van der Waals surface area contributed by atoms with Crippen LogP contribution in [0.3, 0.4) is 0 Å². The van der Waals surface area contributed by atoms with Crippen molar-refractivity contribution in [1.29, 1.82) is 0 Å². The zero-order valence-corrected chi connectivity index (χ0v) is 9.98. The number of ether oxygens (including phenoxy) is 2. The fourth-order valence-electron chi connectivity index (χ4n) is 2.08. The summed E-state index contributed by atoms with van der Waals surface area (Å²) in [6, 6.07) is 8.72. The van der Waals surface area contributed by atoms with Crippen LogP contribution in [0.5, 0.6) is 5.75 Å². The van der Waals surface area contributed by atoms with Gasteiger partial charge in [-0.3, -0.25) is 4.90 Å². The molecule has 3 heteroatoms. The Balaban J connectivity index is 2.09. The molecule has 0 saturated carbocycles. The lowest BCUT2D eigenvalue weighted by Crippen LogP contribution is -2.37. The Morgan fingerprint density at radius 1 is 1.31 bits per heavy atom. The van der Waals surface area contributed by atoms with Gasteiger partial charge in [-0.05, 0) is 24.6 Å². The molecule has 1 aromatic rings. The van der Waals surface area contributed by atoms with E-state index in [1.807, 2.05) is 12.1 Å².